The van der Waals surface area contributed by atoms with Gasteiger partial charge in [-0.05, 0) is 30.5 Å². The number of guanidine groups is 1. The molecular formula is C24H32ClN13O2. The average molecular weight is 570 g/mol. The van der Waals surface area contributed by atoms with E-state index in [-0.39, 0.29) is 53.4 Å². The van der Waals surface area contributed by atoms with Gasteiger partial charge in [0, 0.05) is 45.7 Å². The lowest BCUT2D eigenvalue weighted by Crippen LogP contribution is -2.47. The van der Waals surface area contributed by atoms with E-state index >= 15 is 0 Å². The molecule has 212 valence electrons. The van der Waals surface area contributed by atoms with Crippen LogP contribution in [0.3, 0.4) is 0 Å². The Morgan fingerprint density at radius 2 is 1.85 bits per heavy atom. The van der Waals surface area contributed by atoms with Gasteiger partial charge in [0.2, 0.25) is 5.91 Å². The van der Waals surface area contributed by atoms with Crippen LogP contribution in [-0.2, 0) is 11.3 Å². The Labute approximate surface area is 235 Å². The maximum absolute atomic E-state index is 12.4. The molecule has 2 aromatic heterocycles. The van der Waals surface area contributed by atoms with Gasteiger partial charge in [0.25, 0.3) is 0 Å². The number of halogens is 1. The van der Waals surface area contributed by atoms with Crippen LogP contribution in [0, 0.1) is 0 Å². The predicted octanol–water partition coefficient (Wildman–Crippen LogP) is -0.104. The number of nitrogen functional groups attached to an aromatic ring is 2. The number of aromatic nitrogens is 5. The van der Waals surface area contributed by atoms with Crippen molar-refractivity contribution in [1.82, 2.24) is 35.2 Å². The van der Waals surface area contributed by atoms with E-state index in [9.17, 15) is 9.59 Å². The quantitative estimate of drug-likeness (QED) is 0.177. The van der Waals surface area contributed by atoms with Crippen LogP contribution in [0.4, 0.5) is 17.5 Å². The summed E-state index contributed by atoms with van der Waals surface area (Å²) in [4.78, 5) is 39.7. The molecule has 1 aliphatic rings. The highest BCUT2D eigenvalue weighted by atomic mass is 35.5. The average Bonchev–Trinajstić information content (AvgIpc) is 3.42. The number of hydrogen-bond acceptors (Lipinski definition) is 10. The molecule has 0 unspecified atom stereocenters. The molecule has 3 aromatic rings. The number of nitrogens with zero attached hydrogens (tertiary/aromatic N) is 8. The topological polar surface area (TPSA) is 226 Å². The van der Waals surface area contributed by atoms with Crippen LogP contribution in [-0.4, -0.2) is 80.4 Å². The molecule has 1 aliphatic heterocycles. The van der Waals surface area contributed by atoms with Crippen molar-refractivity contribution >= 4 is 46.8 Å². The van der Waals surface area contributed by atoms with Crippen molar-refractivity contribution in [2.75, 3.05) is 43.0 Å². The number of aliphatic imine (C=N–C) groups is 1. The number of nitrogens with two attached hydrogens (primary N) is 4. The molecule has 4 rings (SSSR count). The first-order chi connectivity index (χ1) is 19.1. The number of amides is 2. The van der Waals surface area contributed by atoms with Crippen LogP contribution >= 0.6 is 11.6 Å². The lowest BCUT2D eigenvalue weighted by Gasteiger charge is -2.32. The highest BCUT2D eigenvalue weighted by Gasteiger charge is 2.21. The lowest BCUT2D eigenvalue weighted by molar-refractivity contribution is -0.118. The number of anilines is 3. The second-order valence-corrected chi connectivity index (χ2v) is 9.67. The van der Waals surface area contributed by atoms with Crippen LogP contribution in [0.15, 0.2) is 35.5 Å². The molecular weight excluding hydrogens is 538 g/mol. The van der Waals surface area contributed by atoms with Crippen molar-refractivity contribution in [1.29, 1.82) is 0 Å². The fraction of sp³-hybridized carbons (Fsp3) is 0.375. The van der Waals surface area contributed by atoms with E-state index in [0.29, 0.717) is 5.82 Å². The molecule has 3 heterocycles. The summed E-state index contributed by atoms with van der Waals surface area (Å²) in [5.74, 6) is -0.680. The molecule has 0 atom stereocenters. The van der Waals surface area contributed by atoms with E-state index < -0.39 is 5.91 Å². The van der Waals surface area contributed by atoms with Crippen molar-refractivity contribution < 1.29 is 9.59 Å². The first-order valence-corrected chi connectivity index (χ1v) is 13.0. The molecule has 1 aromatic carbocycles. The van der Waals surface area contributed by atoms with Crippen LogP contribution in [0.2, 0.25) is 5.15 Å². The van der Waals surface area contributed by atoms with Gasteiger partial charge in [0.1, 0.15) is 0 Å². The molecule has 1 fully saturated rings. The Hall–Kier alpha value is -4.34. The molecule has 16 heteroatoms. The Kier molecular flexibility index (Phi) is 9.08. The van der Waals surface area contributed by atoms with Gasteiger partial charge in [-0.1, -0.05) is 28.9 Å². The Morgan fingerprint density at radius 1 is 1.15 bits per heavy atom. The summed E-state index contributed by atoms with van der Waals surface area (Å²) in [5.41, 5.74) is 24.4. The summed E-state index contributed by atoms with van der Waals surface area (Å²) in [6.07, 6.45) is 3.58. The molecule has 9 N–H and O–H groups in total. The van der Waals surface area contributed by atoms with E-state index in [1.54, 1.807) is 17.9 Å². The second-order valence-electron chi connectivity index (χ2n) is 9.31. The molecule has 15 nitrogen and oxygen atoms in total. The third kappa shape index (κ3) is 6.99. The monoisotopic (exact) mass is 569 g/mol. The number of rotatable bonds is 8. The van der Waals surface area contributed by atoms with Gasteiger partial charge in [-0.2, -0.15) is 4.99 Å². The summed E-state index contributed by atoms with van der Waals surface area (Å²) >= 11 is 5.83. The van der Waals surface area contributed by atoms with Crippen molar-refractivity contribution in [3.8, 4) is 5.69 Å². The van der Waals surface area contributed by atoms with Gasteiger partial charge in [-0.25, -0.2) is 14.6 Å². The molecule has 0 saturated carbocycles. The summed E-state index contributed by atoms with van der Waals surface area (Å²) in [6, 6.07) is 8.06. The minimum atomic E-state index is -0.757. The molecule has 0 spiro atoms. The zero-order valence-corrected chi connectivity index (χ0v) is 22.8. The van der Waals surface area contributed by atoms with Crippen molar-refractivity contribution in [2.24, 2.45) is 16.5 Å². The van der Waals surface area contributed by atoms with Gasteiger partial charge in [0.15, 0.2) is 34.3 Å². The highest BCUT2D eigenvalue weighted by molar-refractivity contribution is 6.31. The van der Waals surface area contributed by atoms with E-state index in [0.717, 1.165) is 43.7 Å². The summed E-state index contributed by atoms with van der Waals surface area (Å²) in [6.45, 7) is 2.73. The van der Waals surface area contributed by atoms with Crippen LogP contribution in [0.1, 0.15) is 35.3 Å². The minimum Gasteiger partial charge on any atom is -0.382 e. The smallest absolute Gasteiger partial charge is 0.302 e. The Balaban J connectivity index is 1.26. The molecule has 40 heavy (non-hydrogen) atoms. The zero-order valence-electron chi connectivity index (χ0n) is 22.0. The number of carbonyl (C=O) groups excluding carboxylic acids is 2. The molecule has 2 amide bonds. The van der Waals surface area contributed by atoms with E-state index in [4.69, 9.17) is 34.5 Å². The first kappa shape index (κ1) is 28.7. The van der Waals surface area contributed by atoms with Gasteiger partial charge < -0.3 is 28.3 Å². The van der Waals surface area contributed by atoms with E-state index in [2.05, 4.69) is 35.5 Å². The number of carbonyl (C=O) groups is 2. The highest BCUT2D eigenvalue weighted by Crippen LogP contribution is 2.19. The van der Waals surface area contributed by atoms with E-state index in [1.165, 1.54) is 4.90 Å². The SMILES string of the molecule is CN(C(=O)CCN)c1cn(-c2ccc(CN3CCC(N/C(N)=N/C(=O)c4nc(Cl)c(N)nc4N)CC3)cc2)nn1. The minimum absolute atomic E-state index is 0.0283. The Morgan fingerprint density at radius 3 is 2.52 bits per heavy atom. The number of likely N-dealkylation sites (tertiary alicyclic amines) is 1. The molecule has 0 aliphatic carbocycles. The van der Waals surface area contributed by atoms with Crippen LogP contribution < -0.4 is 33.2 Å². The summed E-state index contributed by atoms with van der Waals surface area (Å²) in [7, 11) is 1.65. The van der Waals surface area contributed by atoms with Crippen LogP contribution in [0.25, 0.3) is 5.69 Å². The standard InChI is InChI=1S/C24H32ClN13O2/c1-36(18(39)6-9-26)17-13-38(35-34-17)16-4-2-14(3-5-16)12-37-10-7-15(8-11-37)30-24(29)33-23(40)19-21(27)32-22(28)20(25)31-19/h2-5,13,15H,6-12,26H2,1H3,(H4,27,28,32)(H3,29,30,33,40). The first-order valence-electron chi connectivity index (χ1n) is 12.6. The predicted molar refractivity (Wildman–Crippen MR) is 152 cm³/mol. The number of piperidine rings is 1. The summed E-state index contributed by atoms with van der Waals surface area (Å²) < 4.78 is 1.63. The van der Waals surface area contributed by atoms with Crippen molar-refractivity contribution in [3.63, 3.8) is 0 Å². The van der Waals surface area contributed by atoms with Crippen LogP contribution in [0.5, 0.6) is 0 Å². The molecule has 1 saturated heterocycles. The van der Waals surface area contributed by atoms with E-state index in [1.807, 2.05) is 24.3 Å². The largest absolute Gasteiger partial charge is 0.382 e. The lowest BCUT2D eigenvalue weighted by atomic mass is 10.0. The third-order valence-electron chi connectivity index (χ3n) is 6.43. The second kappa shape index (κ2) is 12.7. The number of hydrogen-bond donors (Lipinski definition) is 5. The normalized spacial score (nSPS) is 14.7. The van der Waals surface area contributed by atoms with Gasteiger partial charge in [-0.3, -0.25) is 19.4 Å². The fourth-order valence-electron chi connectivity index (χ4n) is 4.20. The van der Waals surface area contributed by atoms with Crippen molar-refractivity contribution in [3.05, 3.63) is 46.9 Å². The fourth-order valence-corrected chi connectivity index (χ4v) is 4.33. The van der Waals surface area contributed by atoms with Gasteiger partial charge >= 0.3 is 5.91 Å². The third-order valence-corrected chi connectivity index (χ3v) is 6.71. The van der Waals surface area contributed by atoms with Crippen molar-refractivity contribution in [2.45, 2.75) is 31.8 Å². The Bertz CT molecular complexity index is 1380. The zero-order chi connectivity index (χ0) is 28.8. The number of nitrogens with one attached hydrogen (secondary N) is 1. The number of benzene rings is 1. The molecule has 0 bridgehead atoms. The maximum Gasteiger partial charge on any atom is 0.302 e. The molecule has 0 radical (unpaired) electrons. The summed E-state index contributed by atoms with van der Waals surface area (Å²) in [5, 5.41) is 11.2. The maximum atomic E-state index is 12.4. The van der Waals surface area contributed by atoms with Gasteiger partial charge in [0.05, 0.1) is 11.9 Å². The van der Waals surface area contributed by atoms with Gasteiger partial charge in [-0.15, -0.1) is 5.10 Å².